The number of carboxylic acids is 1. The Morgan fingerprint density at radius 2 is 2.08 bits per heavy atom. The molecule has 0 saturated carbocycles. The lowest BCUT2D eigenvalue weighted by atomic mass is 10.1. The molecule has 0 fully saturated rings. The van der Waals surface area contributed by atoms with Gasteiger partial charge in [-0.3, -0.25) is 0 Å². The molecule has 2 heterocycles. The van der Waals surface area contributed by atoms with Gasteiger partial charge in [0.15, 0.2) is 5.65 Å². The smallest absolute Gasteiger partial charge is 0.326 e. The molecule has 1 aromatic carbocycles. The highest BCUT2D eigenvalue weighted by Gasteiger charge is 2.19. The van der Waals surface area contributed by atoms with Crippen LogP contribution in [0, 0.1) is 0 Å². The molecule has 2 N–H and O–H groups in total. The zero-order valence-corrected chi connectivity index (χ0v) is 13.4. The number of fused-ring (bicyclic) bond motifs is 1. The number of carbonyl (C=O) groups is 1. The lowest BCUT2D eigenvalue weighted by Gasteiger charge is -2.15. The van der Waals surface area contributed by atoms with Crippen LogP contribution in [0.5, 0.6) is 0 Å². The summed E-state index contributed by atoms with van der Waals surface area (Å²) >= 11 is 0. The zero-order chi connectivity index (χ0) is 16.9. The van der Waals surface area contributed by atoms with Crippen molar-refractivity contribution in [2.24, 2.45) is 0 Å². The molecule has 124 valence electrons. The van der Waals surface area contributed by atoms with Crippen molar-refractivity contribution in [1.29, 1.82) is 0 Å². The van der Waals surface area contributed by atoms with Gasteiger partial charge in [-0.2, -0.15) is 5.10 Å². The Kier molecular flexibility index (Phi) is 4.69. The standard InChI is InChI=1S/C17H19N5O2/c1-2-3-9-14(17(23)24)21-15-13-10-20-22(16(13)19-11-18-15)12-7-5-4-6-8-12/h4-8,10-11,14H,2-3,9H2,1H3,(H,23,24)(H,18,19,21)/t14-/m0/s1. The fourth-order valence-electron chi connectivity index (χ4n) is 2.55. The van der Waals surface area contributed by atoms with Crippen molar-refractivity contribution in [3.05, 3.63) is 42.9 Å². The quantitative estimate of drug-likeness (QED) is 0.694. The number of nitrogens with zero attached hydrogens (tertiary/aromatic N) is 4. The van der Waals surface area contributed by atoms with Crippen molar-refractivity contribution < 1.29 is 9.90 Å². The van der Waals surface area contributed by atoms with E-state index in [9.17, 15) is 9.90 Å². The number of carboxylic acid groups (broad SMARTS) is 1. The lowest BCUT2D eigenvalue weighted by Crippen LogP contribution is -2.29. The molecular formula is C17H19N5O2. The van der Waals surface area contributed by atoms with Gasteiger partial charge in [-0.05, 0) is 18.6 Å². The minimum Gasteiger partial charge on any atom is -0.480 e. The first-order valence-corrected chi connectivity index (χ1v) is 7.94. The Balaban J connectivity index is 1.95. The Morgan fingerprint density at radius 3 is 2.79 bits per heavy atom. The number of benzene rings is 1. The summed E-state index contributed by atoms with van der Waals surface area (Å²) < 4.78 is 1.71. The van der Waals surface area contributed by atoms with Crippen LogP contribution >= 0.6 is 0 Å². The van der Waals surface area contributed by atoms with Crippen molar-refractivity contribution in [1.82, 2.24) is 19.7 Å². The van der Waals surface area contributed by atoms with Gasteiger partial charge < -0.3 is 10.4 Å². The predicted octanol–water partition coefficient (Wildman–Crippen LogP) is 2.87. The van der Waals surface area contributed by atoms with Gasteiger partial charge in [0, 0.05) is 0 Å². The van der Waals surface area contributed by atoms with Crippen molar-refractivity contribution >= 4 is 22.8 Å². The average molecular weight is 325 g/mol. The first-order valence-electron chi connectivity index (χ1n) is 7.94. The summed E-state index contributed by atoms with van der Waals surface area (Å²) in [5, 5.41) is 17.5. The normalized spacial score (nSPS) is 12.2. The number of unbranched alkanes of at least 4 members (excludes halogenated alkanes) is 1. The number of nitrogens with one attached hydrogen (secondary N) is 1. The number of hydrogen-bond acceptors (Lipinski definition) is 5. The van der Waals surface area contributed by atoms with Crippen LogP contribution in [0.3, 0.4) is 0 Å². The number of aromatic nitrogens is 4. The van der Waals surface area contributed by atoms with Crippen LogP contribution in [-0.2, 0) is 4.79 Å². The van der Waals surface area contributed by atoms with E-state index in [2.05, 4.69) is 20.4 Å². The molecule has 1 atom stereocenters. The summed E-state index contributed by atoms with van der Waals surface area (Å²) in [6.07, 6.45) is 5.40. The van der Waals surface area contributed by atoms with Crippen LogP contribution in [0.1, 0.15) is 26.2 Å². The number of rotatable bonds is 7. The summed E-state index contributed by atoms with van der Waals surface area (Å²) in [5.41, 5.74) is 1.52. The van der Waals surface area contributed by atoms with Gasteiger partial charge in [-0.15, -0.1) is 0 Å². The highest BCUT2D eigenvalue weighted by molar-refractivity contribution is 5.89. The number of para-hydroxylation sites is 1. The number of anilines is 1. The molecule has 2 aromatic heterocycles. The van der Waals surface area contributed by atoms with Crippen LogP contribution in [0.4, 0.5) is 5.82 Å². The van der Waals surface area contributed by atoms with Gasteiger partial charge in [0.2, 0.25) is 0 Å². The van der Waals surface area contributed by atoms with Crippen LogP contribution in [0.2, 0.25) is 0 Å². The topological polar surface area (TPSA) is 92.9 Å². The molecule has 0 aliphatic carbocycles. The molecule has 0 amide bonds. The maximum atomic E-state index is 11.4. The molecule has 0 bridgehead atoms. The summed E-state index contributed by atoms with van der Waals surface area (Å²) in [4.78, 5) is 19.9. The van der Waals surface area contributed by atoms with E-state index in [1.54, 1.807) is 10.9 Å². The Hall–Kier alpha value is -2.96. The third kappa shape index (κ3) is 3.19. The fraction of sp³-hybridized carbons (Fsp3) is 0.294. The monoisotopic (exact) mass is 325 g/mol. The summed E-state index contributed by atoms with van der Waals surface area (Å²) in [6, 6.07) is 8.97. The minimum atomic E-state index is -0.884. The van der Waals surface area contributed by atoms with E-state index in [0.29, 0.717) is 23.3 Å². The predicted molar refractivity (Wildman–Crippen MR) is 91.2 cm³/mol. The van der Waals surface area contributed by atoms with Gasteiger partial charge in [-0.25, -0.2) is 19.4 Å². The van der Waals surface area contributed by atoms with Gasteiger partial charge >= 0.3 is 5.97 Å². The SMILES string of the molecule is CCCC[C@H](Nc1ncnc2c1cnn2-c1ccccc1)C(=O)O. The van der Waals surface area contributed by atoms with E-state index in [1.165, 1.54) is 6.33 Å². The average Bonchev–Trinajstić information content (AvgIpc) is 3.04. The van der Waals surface area contributed by atoms with E-state index in [-0.39, 0.29) is 0 Å². The molecule has 0 saturated heterocycles. The summed E-state index contributed by atoms with van der Waals surface area (Å²) in [6.45, 7) is 2.03. The van der Waals surface area contributed by atoms with E-state index >= 15 is 0 Å². The molecule has 0 aliphatic rings. The molecule has 7 heteroatoms. The van der Waals surface area contributed by atoms with Crippen LogP contribution < -0.4 is 5.32 Å². The number of aliphatic carboxylic acids is 1. The maximum Gasteiger partial charge on any atom is 0.326 e. The van der Waals surface area contributed by atoms with Crippen molar-refractivity contribution in [3.8, 4) is 5.69 Å². The number of hydrogen-bond donors (Lipinski definition) is 2. The van der Waals surface area contributed by atoms with Gasteiger partial charge in [0.1, 0.15) is 18.2 Å². The van der Waals surface area contributed by atoms with E-state index in [4.69, 9.17) is 0 Å². The third-order valence-corrected chi connectivity index (χ3v) is 3.82. The summed E-state index contributed by atoms with van der Waals surface area (Å²) in [5.74, 6) is -0.392. The van der Waals surface area contributed by atoms with Gasteiger partial charge in [0.25, 0.3) is 0 Å². The lowest BCUT2D eigenvalue weighted by molar-refractivity contribution is -0.138. The Morgan fingerprint density at radius 1 is 1.29 bits per heavy atom. The molecule has 0 aliphatic heterocycles. The van der Waals surface area contributed by atoms with E-state index in [1.807, 2.05) is 37.3 Å². The fourth-order valence-corrected chi connectivity index (χ4v) is 2.55. The Labute approximate surface area is 139 Å². The van der Waals surface area contributed by atoms with E-state index < -0.39 is 12.0 Å². The molecular weight excluding hydrogens is 306 g/mol. The van der Waals surface area contributed by atoms with Gasteiger partial charge in [-0.1, -0.05) is 38.0 Å². The van der Waals surface area contributed by atoms with Crippen molar-refractivity contribution in [3.63, 3.8) is 0 Å². The first kappa shape index (κ1) is 15.9. The second-order valence-corrected chi connectivity index (χ2v) is 5.53. The van der Waals surface area contributed by atoms with Crippen LogP contribution in [0.25, 0.3) is 16.7 Å². The third-order valence-electron chi connectivity index (χ3n) is 3.82. The minimum absolute atomic E-state index is 0.491. The van der Waals surface area contributed by atoms with Crippen LogP contribution in [-0.4, -0.2) is 36.9 Å². The van der Waals surface area contributed by atoms with Crippen molar-refractivity contribution in [2.75, 3.05) is 5.32 Å². The molecule has 3 aromatic rings. The molecule has 7 nitrogen and oxygen atoms in total. The van der Waals surface area contributed by atoms with Gasteiger partial charge in [0.05, 0.1) is 17.3 Å². The van der Waals surface area contributed by atoms with Crippen molar-refractivity contribution in [2.45, 2.75) is 32.2 Å². The maximum absolute atomic E-state index is 11.4. The summed E-state index contributed by atoms with van der Waals surface area (Å²) in [7, 11) is 0. The highest BCUT2D eigenvalue weighted by atomic mass is 16.4. The zero-order valence-electron chi connectivity index (χ0n) is 13.4. The molecule has 0 spiro atoms. The van der Waals surface area contributed by atoms with Crippen LogP contribution in [0.15, 0.2) is 42.9 Å². The highest BCUT2D eigenvalue weighted by Crippen LogP contribution is 2.22. The molecule has 0 radical (unpaired) electrons. The second kappa shape index (κ2) is 7.08. The molecule has 3 rings (SSSR count). The second-order valence-electron chi connectivity index (χ2n) is 5.53. The molecule has 0 unspecified atom stereocenters. The van der Waals surface area contributed by atoms with E-state index in [0.717, 1.165) is 18.5 Å². The Bertz CT molecular complexity index is 831. The molecule has 24 heavy (non-hydrogen) atoms. The first-order chi connectivity index (χ1) is 11.7. The largest absolute Gasteiger partial charge is 0.480 e.